The lowest BCUT2D eigenvalue weighted by atomic mass is 9.91. The Morgan fingerprint density at radius 3 is 2.92 bits per heavy atom. The molecular formula is C22H23N3O. The second-order valence-corrected chi connectivity index (χ2v) is 7.15. The van der Waals surface area contributed by atoms with Crippen LogP contribution >= 0.6 is 0 Å². The Morgan fingerprint density at radius 1 is 1.15 bits per heavy atom. The molecule has 0 aliphatic carbocycles. The summed E-state index contributed by atoms with van der Waals surface area (Å²) in [5, 5.41) is 0.935. The highest BCUT2D eigenvalue weighted by molar-refractivity contribution is 6.06. The predicted molar refractivity (Wildman–Crippen MR) is 103 cm³/mol. The molecular weight excluding hydrogens is 322 g/mol. The van der Waals surface area contributed by atoms with Gasteiger partial charge < -0.3 is 4.90 Å². The highest BCUT2D eigenvalue weighted by Crippen LogP contribution is 2.24. The first kappa shape index (κ1) is 16.7. The molecule has 1 atom stereocenters. The number of likely N-dealkylation sites (tertiary alicyclic amines) is 1. The van der Waals surface area contributed by atoms with Crippen molar-refractivity contribution < 1.29 is 4.79 Å². The van der Waals surface area contributed by atoms with Crippen molar-refractivity contribution >= 4 is 16.8 Å². The number of aryl methyl sites for hydroxylation is 1. The van der Waals surface area contributed by atoms with Crippen LogP contribution in [0, 0.1) is 12.8 Å². The number of amides is 1. The average Bonchev–Trinajstić information content (AvgIpc) is 2.69. The van der Waals surface area contributed by atoms with E-state index in [0.717, 1.165) is 54.5 Å². The van der Waals surface area contributed by atoms with E-state index in [1.54, 1.807) is 6.20 Å². The number of piperidine rings is 1. The number of benzene rings is 1. The molecule has 4 heteroatoms. The van der Waals surface area contributed by atoms with Crippen molar-refractivity contribution in [3.63, 3.8) is 0 Å². The molecule has 0 spiro atoms. The second-order valence-electron chi connectivity index (χ2n) is 7.15. The largest absolute Gasteiger partial charge is 0.338 e. The van der Waals surface area contributed by atoms with E-state index in [4.69, 9.17) is 0 Å². The molecule has 26 heavy (non-hydrogen) atoms. The molecule has 0 radical (unpaired) electrons. The highest BCUT2D eigenvalue weighted by Gasteiger charge is 2.25. The van der Waals surface area contributed by atoms with Gasteiger partial charge in [-0.3, -0.25) is 14.8 Å². The summed E-state index contributed by atoms with van der Waals surface area (Å²) in [6.45, 7) is 3.64. The minimum Gasteiger partial charge on any atom is -0.338 e. The third-order valence-corrected chi connectivity index (χ3v) is 5.18. The number of pyridine rings is 2. The highest BCUT2D eigenvalue weighted by atomic mass is 16.2. The second kappa shape index (κ2) is 7.24. The maximum atomic E-state index is 13.1. The summed E-state index contributed by atoms with van der Waals surface area (Å²) in [7, 11) is 0. The number of fused-ring (bicyclic) bond motifs is 1. The van der Waals surface area contributed by atoms with E-state index in [2.05, 4.69) is 22.1 Å². The van der Waals surface area contributed by atoms with E-state index in [1.807, 2.05) is 48.4 Å². The van der Waals surface area contributed by atoms with Gasteiger partial charge >= 0.3 is 0 Å². The fourth-order valence-electron chi connectivity index (χ4n) is 3.83. The van der Waals surface area contributed by atoms with Gasteiger partial charge in [0.15, 0.2) is 0 Å². The van der Waals surface area contributed by atoms with Gasteiger partial charge in [-0.25, -0.2) is 0 Å². The fourth-order valence-corrected chi connectivity index (χ4v) is 3.83. The number of hydrogen-bond donors (Lipinski definition) is 0. The summed E-state index contributed by atoms with van der Waals surface area (Å²) in [6, 6.07) is 13.9. The van der Waals surface area contributed by atoms with Gasteiger partial charge in [0.1, 0.15) is 0 Å². The molecule has 1 fully saturated rings. The normalized spacial score (nSPS) is 17.4. The van der Waals surface area contributed by atoms with Gasteiger partial charge in [-0.1, -0.05) is 18.2 Å². The lowest BCUT2D eigenvalue weighted by Crippen LogP contribution is -2.40. The molecule has 0 N–H and O–H groups in total. The van der Waals surface area contributed by atoms with E-state index in [0.29, 0.717) is 5.92 Å². The minimum atomic E-state index is 0.121. The van der Waals surface area contributed by atoms with Crippen molar-refractivity contribution in [1.29, 1.82) is 0 Å². The molecule has 1 saturated heterocycles. The van der Waals surface area contributed by atoms with E-state index < -0.39 is 0 Å². The molecule has 4 rings (SSSR count). The Morgan fingerprint density at radius 2 is 2.08 bits per heavy atom. The molecule has 1 aliphatic rings. The third kappa shape index (κ3) is 3.45. The Hall–Kier alpha value is -2.75. The molecule has 4 nitrogen and oxygen atoms in total. The van der Waals surface area contributed by atoms with Crippen LogP contribution in [0.15, 0.2) is 54.9 Å². The van der Waals surface area contributed by atoms with Crippen LogP contribution in [0.5, 0.6) is 0 Å². The standard InChI is InChI=1S/C22H23N3O/c1-16-9-10-17(14-24-16)13-18-5-4-12-25(15-18)22(26)20-6-2-8-21-19(20)7-3-11-23-21/h2-3,6-11,14,18H,4-5,12-13,15H2,1H3/t18-/m0/s1. The molecule has 1 aliphatic heterocycles. The van der Waals surface area contributed by atoms with E-state index in [9.17, 15) is 4.79 Å². The van der Waals surface area contributed by atoms with Crippen LogP contribution in [0.4, 0.5) is 0 Å². The average molecular weight is 345 g/mol. The summed E-state index contributed by atoms with van der Waals surface area (Å²) in [4.78, 5) is 23.9. The monoisotopic (exact) mass is 345 g/mol. The summed E-state index contributed by atoms with van der Waals surface area (Å²) in [5.41, 5.74) is 3.92. The first-order chi connectivity index (χ1) is 12.7. The van der Waals surface area contributed by atoms with Gasteiger partial charge in [0.05, 0.1) is 5.52 Å². The van der Waals surface area contributed by atoms with E-state index in [-0.39, 0.29) is 5.91 Å². The van der Waals surface area contributed by atoms with Gasteiger partial charge in [-0.2, -0.15) is 0 Å². The summed E-state index contributed by atoms with van der Waals surface area (Å²) < 4.78 is 0. The van der Waals surface area contributed by atoms with Gasteiger partial charge in [-0.15, -0.1) is 0 Å². The first-order valence-corrected chi connectivity index (χ1v) is 9.25. The molecule has 3 aromatic rings. The minimum absolute atomic E-state index is 0.121. The number of hydrogen-bond acceptors (Lipinski definition) is 3. The van der Waals surface area contributed by atoms with Crippen molar-refractivity contribution in [1.82, 2.24) is 14.9 Å². The van der Waals surface area contributed by atoms with Gasteiger partial charge in [0.25, 0.3) is 5.91 Å². The fraction of sp³-hybridized carbons (Fsp3) is 0.318. The Labute approximate surface area is 153 Å². The SMILES string of the molecule is Cc1ccc(C[C@@H]2CCCN(C(=O)c3cccc4ncccc34)C2)cn1. The lowest BCUT2D eigenvalue weighted by Gasteiger charge is -2.33. The Balaban J connectivity index is 1.51. The molecule has 1 amide bonds. The number of aromatic nitrogens is 2. The third-order valence-electron chi connectivity index (χ3n) is 5.18. The zero-order valence-corrected chi connectivity index (χ0v) is 15.1. The summed E-state index contributed by atoms with van der Waals surface area (Å²) in [6.07, 6.45) is 6.93. The first-order valence-electron chi connectivity index (χ1n) is 9.25. The van der Waals surface area contributed by atoms with Crippen LogP contribution in [-0.2, 0) is 6.42 Å². The summed E-state index contributed by atoms with van der Waals surface area (Å²) >= 11 is 0. The van der Waals surface area contributed by atoms with E-state index >= 15 is 0 Å². The Bertz CT molecular complexity index is 915. The number of nitrogens with zero attached hydrogens (tertiary/aromatic N) is 3. The van der Waals surface area contributed by atoms with Crippen LogP contribution in [0.25, 0.3) is 10.9 Å². The predicted octanol–water partition coefficient (Wildman–Crippen LogP) is 4.03. The van der Waals surface area contributed by atoms with Gasteiger partial charge in [0.2, 0.25) is 0 Å². The van der Waals surface area contributed by atoms with Crippen LogP contribution in [0.1, 0.15) is 34.5 Å². The van der Waals surface area contributed by atoms with Crippen molar-refractivity contribution in [2.24, 2.45) is 5.92 Å². The smallest absolute Gasteiger partial charge is 0.254 e. The molecule has 3 heterocycles. The molecule has 1 aromatic carbocycles. The van der Waals surface area contributed by atoms with Crippen LogP contribution in [-0.4, -0.2) is 33.9 Å². The zero-order chi connectivity index (χ0) is 17.9. The number of carbonyl (C=O) groups is 1. The van der Waals surface area contributed by atoms with Crippen molar-refractivity contribution in [3.05, 3.63) is 71.7 Å². The molecule has 0 unspecified atom stereocenters. The number of rotatable bonds is 3. The van der Waals surface area contributed by atoms with Gasteiger partial charge in [0, 0.05) is 42.1 Å². The quantitative estimate of drug-likeness (QED) is 0.720. The van der Waals surface area contributed by atoms with Crippen molar-refractivity contribution in [2.45, 2.75) is 26.2 Å². The van der Waals surface area contributed by atoms with Crippen molar-refractivity contribution in [2.75, 3.05) is 13.1 Å². The van der Waals surface area contributed by atoms with E-state index in [1.165, 1.54) is 5.56 Å². The number of carbonyl (C=O) groups excluding carboxylic acids is 1. The molecule has 2 aromatic heterocycles. The Kier molecular flexibility index (Phi) is 4.65. The maximum absolute atomic E-state index is 13.1. The van der Waals surface area contributed by atoms with Gasteiger partial charge in [-0.05, 0) is 61.9 Å². The molecule has 132 valence electrons. The maximum Gasteiger partial charge on any atom is 0.254 e. The zero-order valence-electron chi connectivity index (χ0n) is 15.1. The van der Waals surface area contributed by atoms with Crippen LogP contribution in [0.2, 0.25) is 0 Å². The summed E-state index contributed by atoms with van der Waals surface area (Å²) in [5.74, 6) is 0.612. The van der Waals surface area contributed by atoms with Crippen LogP contribution < -0.4 is 0 Å². The lowest BCUT2D eigenvalue weighted by molar-refractivity contribution is 0.0675. The molecule has 0 saturated carbocycles. The van der Waals surface area contributed by atoms with Crippen molar-refractivity contribution in [3.8, 4) is 0 Å². The topological polar surface area (TPSA) is 46.1 Å². The molecule has 0 bridgehead atoms. The van der Waals surface area contributed by atoms with Crippen LogP contribution in [0.3, 0.4) is 0 Å².